The van der Waals surface area contributed by atoms with Crippen molar-refractivity contribution >= 4 is 15.7 Å². The Bertz CT molecular complexity index is 469. The van der Waals surface area contributed by atoms with Crippen LogP contribution >= 0.6 is 0 Å². The Morgan fingerprint density at radius 2 is 2.21 bits per heavy atom. The molecule has 1 aromatic heterocycles. The molecule has 0 bridgehead atoms. The number of nitrogens with one attached hydrogen (secondary N) is 1. The third kappa shape index (κ3) is 1.41. The van der Waals surface area contributed by atoms with Crippen molar-refractivity contribution in [2.75, 3.05) is 0 Å². The predicted molar refractivity (Wildman–Crippen MR) is 47.8 cm³/mol. The number of hydrogen-bond acceptors (Lipinski definition) is 4. The van der Waals surface area contributed by atoms with Crippen LogP contribution in [0.15, 0.2) is 21.6 Å². The summed E-state index contributed by atoms with van der Waals surface area (Å²) in [6, 6.07) is 2.55. The second-order valence-electron chi connectivity index (χ2n) is 3.22. The standard InChI is InChI=1S/C8H9NO4S/c9-14(12,5-1-2-5)7-4-3-6(13-7)8(10)11/h3-5,9H,1-2H2,(H,10,11). The van der Waals surface area contributed by atoms with Gasteiger partial charge >= 0.3 is 5.97 Å². The Kier molecular flexibility index (Phi) is 1.88. The first-order valence-electron chi connectivity index (χ1n) is 4.12. The molecule has 0 spiro atoms. The van der Waals surface area contributed by atoms with Gasteiger partial charge in [-0.3, -0.25) is 0 Å². The summed E-state index contributed by atoms with van der Waals surface area (Å²) in [7, 11) is -2.91. The van der Waals surface area contributed by atoms with Crippen molar-refractivity contribution in [1.82, 2.24) is 0 Å². The molecule has 0 saturated heterocycles. The minimum absolute atomic E-state index is 0.0163. The largest absolute Gasteiger partial charge is 0.475 e. The normalized spacial score (nSPS) is 20.3. The van der Waals surface area contributed by atoms with Crippen molar-refractivity contribution in [1.29, 1.82) is 4.78 Å². The predicted octanol–water partition coefficient (Wildman–Crippen LogP) is 1.55. The van der Waals surface area contributed by atoms with Gasteiger partial charge in [-0.1, -0.05) is 0 Å². The molecule has 0 aromatic carbocycles. The van der Waals surface area contributed by atoms with Gasteiger partial charge < -0.3 is 9.52 Å². The quantitative estimate of drug-likeness (QED) is 0.800. The van der Waals surface area contributed by atoms with Crippen LogP contribution in [-0.4, -0.2) is 20.5 Å². The summed E-state index contributed by atoms with van der Waals surface area (Å²) in [5.74, 6) is -1.47. The summed E-state index contributed by atoms with van der Waals surface area (Å²) in [6.45, 7) is 0. The van der Waals surface area contributed by atoms with Crippen molar-refractivity contribution in [3.05, 3.63) is 17.9 Å². The number of carboxylic acids is 1. The first-order valence-corrected chi connectivity index (χ1v) is 5.75. The maximum absolute atomic E-state index is 11.8. The monoisotopic (exact) mass is 215 g/mol. The summed E-state index contributed by atoms with van der Waals surface area (Å²) in [4.78, 5) is 10.5. The van der Waals surface area contributed by atoms with E-state index in [4.69, 9.17) is 14.3 Å². The van der Waals surface area contributed by atoms with Crippen LogP contribution in [0.4, 0.5) is 0 Å². The lowest BCUT2D eigenvalue weighted by Crippen LogP contribution is -2.03. The summed E-state index contributed by atoms with van der Waals surface area (Å²) in [6.07, 6.45) is 1.51. The highest BCUT2D eigenvalue weighted by Gasteiger charge is 2.36. The molecule has 1 unspecified atom stereocenters. The highest BCUT2D eigenvalue weighted by molar-refractivity contribution is 7.93. The molecule has 1 aromatic rings. The van der Waals surface area contributed by atoms with Crippen molar-refractivity contribution in [3.8, 4) is 0 Å². The van der Waals surface area contributed by atoms with Gasteiger partial charge in [0.2, 0.25) is 5.76 Å². The van der Waals surface area contributed by atoms with Crippen LogP contribution in [-0.2, 0) is 9.73 Å². The molecular weight excluding hydrogens is 206 g/mol. The van der Waals surface area contributed by atoms with Crippen LogP contribution in [0.5, 0.6) is 0 Å². The van der Waals surface area contributed by atoms with Gasteiger partial charge in [0.25, 0.3) is 0 Å². The molecule has 1 fully saturated rings. The molecule has 1 aliphatic carbocycles. The van der Waals surface area contributed by atoms with E-state index >= 15 is 0 Å². The summed E-state index contributed by atoms with van der Waals surface area (Å²) in [5, 5.41) is 8.40. The molecule has 0 aliphatic heterocycles. The van der Waals surface area contributed by atoms with Gasteiger partial charge in [-0.05, 0) is 25.0 Å². The fourth-order valence-electron chi connectivity index (χ4n) is 1.16. The second-order valence-corrected chi connectivity index (χ2v) is 5.49. The molecule has 5 nitrogen and oxygen atoms in total. The topological polar surface area (TPSA) is 91.4 Å². The number of hydrogen-bond donors (Lipinski definition) is 2. The SMILES string of the molecule is N=S(=O)(c1ccc(C(=O)O)o1)C1CC1. The van der Waals surface area contributed by atoms with Gasteiger partial charge in [0.05, 0.1) is 5.25 Å². The summed E-state index contributed by atoms with van der Waals surface area (Å²) >= 11 is 0. The number of aromatic carboxylic acids is 1. The minimum atomic E-state index is -2.91. The summed E-state index contributed by atoms with van der Waals surface area (Å²) in [5.41, 5.74) is 0. The van der Waals surface area contributed by atoms with E-state index < -0.39 is 15.7 Å². The van der Waals surface area contributed by atoms with Gasteiger partial charge in [0.15, 0.2) is 5.09 Å². The van der Waals surface area contributed by atoms with Gasteiger partial charge in [-0.15, -0.1) is 0 Å². The van der Waals surface area contributed by atoms with Gasteiger partial charge in [-0.25, -0.2) is 13.8 Å². The third-order valence-electron chi connectivity index (χ3n) is 2.08. The molecule has 1 atom stereocenters. The molecule has 6 heteroatoms. The highest BCUT2D eigenvalue weighted by atomic mass is 32.2. The van der Waals surface area contributed by atoms with Crippen LogP contribution < -0.4 is 0 Å². The van der Waals surface area contributed by atoms with E-state index in [1.54, 1.807) is 0 Å². The smallest absolute Gasteiger partial charge is 0.371 e. The van der Waals surface area contributed by atoms with Crippen LogP contribution in [0.3, 0.4) is 0 Å². The molecule has 1 saturated carbocycles. The van der Waals surface area contributed by atoms with E-state index in [1.165, 1.54) is 12.1 Å². The van der Waals surface area contributed by atoms with Crippen molar-refractivity contribution in [3.63, 3.8) is 0 Å². The number of rotatable bonds is 3. The third-order valence-corrected chi connectivity index (χ3v) is 4.31. The van der Waals surface area contributed by atoms with E-state index in [0.29, 0.717) is 0 Å². The van der Waals surface area contributed by atoms with Gasteiger partial charge in [-0.2, -0.15) is 0 Å². The Labute approximate surface area is 80.7 Å². The molecular formula is C8H9NO4S. The van der Waals surface area contributed by atoms with Crippen molar-refractivity contribution in [2.45, 2.75) is 23.2 Å². The van der Waals surface area contributed by atoms with E-state index in [-0.39, 0.29) is 16.1 Å². The van der Waals surface area contributed by atoms with Crippen molar-refractivity contribution < 1.29 is 18.5 Å². The molecule has 0 amide bonds. The van der Waals surface area contributed by atoms with Gasteiger partial charge in [0, 0.05) is 0 Å². The maximum Gasteiger partial charge on any atom is 0.371 e. The zero-order chi connectivity index (χ0) is 10.3. The second kappa shape index (κ2) is 2.84. The number of carboxylic acid groups (broad SMARTS) is 1. The van der Waals surface area contributed by atoms with Gasteiger partial charge in [0.1, 0.15) is 9.73 Å². The Balaban J connectivity index is 2.37. The minimum Gasteiger partial charge on any atom is -0.475 e. The lowest BCUT2D eigenvalue weighted by Gasteiger charge is -1.99. The fraction of sp³-hybridized carbons (Fsp3) is 0.375. The number of furan rings is 1. The van der Waals surface area contributed by atoms with Crippen LogP contribution in [0, 0.1) is 4.78 Å². The van der Waals surface area contributed by atoms with E-state index in [9.17, 15) is 9.00 Å². The molecule has 1 aliphatic rings. The van der Waals surface area contributed by atoms with E-state index in [1.807, 2.05) is 0 Å². The zero-order valence-corrected chi connectivity index (χ0v) is 8.04. The maximum atomic E-state index is 11.8. The Morgan fingerprint density at radius 1 is 1.57 bits per heavy atom. The van der Waals surface area contributed by atoms with E-state index in [0.717, 1.165) is 12.8 Å². The molecule has 2 N–H and O–H groups in total. The van der Waals surface area contributed by atoms with Crippen LogP contribution in [0.2, 0.25) is 0 Å². The molecule has 2 rings (SSSR count). The van der Waals surface area contributed by atoms with Crippen LogP contribution in [0.1, 0.15) is 23.4 Å². The molecule has 0 radical (unpaired) electrons. The van der Waals surface area contributed by atoms with E-state index in [2.05, 4.69) is 0 Å². The lowest BCUT2D eigenvalue weighted by molar-refractivity contribution is 0.0656. The average molecular weight is 215 g/mol. The Morgan fingerprint density at radius 3 is 2.64 bits per heavy atom. The fourth-order valence-corrected chi connectivity index (χ4v) is 2.77. The Hall–Kier alpha value is -1.30. The molecule has 14 heavy (non-hydrogen) atoms. The molecule has 1 heterocycles. The average Bonchev–Trinajstić information content (AvgIpc) is 2.82. The highest BCUT2D eigenvalue weighted by Crippen LogP contribution is 2.34. The van der Waals surface area contributed by atoms with Crippen molar-refractivity contribution in [2.24, 2.45) is 0 Å². The first-order chi connectivity index (χ1) is 6.51. The molecule has 76 valence electrons. The lowest BCUT2D eigenvalue weighted by atomic mass is 10.5. The first kappa shape index (κ1) is 9.26. The summed E-state index contributed by atoms with van der Waals surface area (Å²) < 4.78 is 24.2. The van der Waals surface area contributed by atoms with Crippen LogP contribution in [0.25, 0.3) is 0 Å². The zero-order valence-electron chi connectivity index (χ0n) is 7.23. The number of carbonyl (C=O) groups is 1.